The summed E-state index contributed by atoms with van der Waals surface area (Å²) in [6, 6.07) is 11.4. The SMILES string of the molecule is Cc1ccc(COC(=O)c2cccc(C)c2N)cc1C. The van der Waals surface area contributed by atoms with Crippen LogP contribution in [0.2, 0.25) is 0 Å². The molecule has 0 saturated heterocycles. The van der Waals surface area contributed by atoms with Crippen molar-refractivity contribution < 1.29 is 9.53 Å². The van der Waals surface area contributed by atoms with Crippen LogP contribution in [0.25, 0.3) is 0 Å². The number of hydrogen-bond donors (Lipinski definition) is 1. The monoisotopic (exact) mass is 269 g/mol. The Labute approximate surface area is 119 Å². The maximum atomic E-state index is 12.0. The standard InChI is InChI=1S/C17H19NO2/c1-11-7-8-14(9-13(11)3)10-20-17(19)15-6-4-5-12(2)16(15)18/h4-9H,10,18H2,1-3H3. The van der Waals surface area contributed by atoms with Crippen LogP contribution in [0.3, 0.4) is 0 Å². The molecule has 0 amide bonds. The highest BCUT2D eigenvalue weighted by molar-refractivity contribution is 5.95. The number of benzene rings is 2. The lowest BCUT2D eigenvalue weighted by atomic mass is 10.1. The van der Waals surface area contributed by atoms with E-state index < -0.39 is 0 Å². The summed E-state index contributed by atoms with van der Waals surface area (Å²) in [6.45, 7) is 6.22. The van der Waals surface area contributed by atoms with Crippen molar-refractivity contribution in [3.8, 4) is 0 Å². The number of nitrogens with two attached hydrogens (primary N) is 1. The molecule has 3 heteroatoms. The molecule has 0 aliphatic carbocycles. The van der Waals surface area contributed by atoms with Gasteiger partial charge in [-0.25, -0.2) is 4.79 Å². The fraction of sp³-hybridized carbons (Fsp3) is 0.235. The largest absolute Gasteiger partial charge is 0.457 e. The Hall–Kier alpha value is -2.29. The Bertz CT molecular complexity index is 647. The first-order valence-corrected chi connectivity index (χ1v) is 6.57. The van der Waals surface area contributed by atoms with Crippen LogP contribution in [0.5, 0.6) is 0 Å². The molecule has 0 radical (unpaired) electrons. The second kappa shape index (κ2) is 5.78. The zero-order valence-electron chi connectivity index (χ0n) is 12.1. The molecular weight excluding hydrogens is 250 g/mol. The molecule has 3 nitrogen and oxygen atoms in total. The first kappa shape index (κ1) is 14.1. The van der Waals surface area contributed by atoms with E-state index in [0.717, 1.165) is 11.1 Å². The van der Waals surface area contributed by atoms with E-state index in [-0.39, 0.29) is 12.6 Å². The van der Waals surface area contributed by atoms with Crippen LogP contribution in [0.1, 0.15) is 32.6 Å². The molecule has 0 fully saturated rings. The summed E-state index contributed by atoms with van der Waals surface area (Å²) >= 11 is 0. The Morgan fingerprint density at radius 1 is 1.05 bits per heavy atom. The van der Waals surface area contributed by atoms with Crippen molar-refractivity contribution in [2.45, 2.75) is 27.4 Å². The Kier molecular flexibility index (Phi) is 4.08. The molecule has 20 heavy (non-hydrogen) atoms. The highest BCUT2D eigenvalue weighted by Crippen LogP contribution is 2.18. The van der Waals surface area contributed by atoms with Crippen molar-refractivity contribution in [2.24, 2.45) is 0 Å². The van der Waals surface area contributed by atoms with Gasteiger partial charge in [-0.15, -0.1) is 0 Å². The molecule has 104 valence electrons. The third-order valence-corrected chi connectivity index (χ3v) is 3.49. The number of rotatable bonds is 3. The number of aryl methyl sites for hydroxylation is 3. The van der Waals surface area contributed by atoms with Crippen LogP contribution in [0, 0.1) is 20.8 Å². The second-order valence-electron chi connectivity index (χ2n) is 5.03. The van der Waals surface area contributed by atoms with Gasteiger partial charge in [0.15, 0.2) is 0 Å². The summed E-state index contributed by atoms with van der Waals surface area (Å²) in [7, 11) is 0. The summed E-state index contributed by atoms with van der Waals surface area (Å²) in [5, 5.41) is 0. The van der Waals surface area contributed by atoms with E-state index in [0.29, 0.717) is 11.3 Å². The van der Waals surface area contributed by atoms with E-state index in [4.69, 9.17) is 10.5 Å². The number of nitrogen functional groups attached to an aromatic ring is 1. The van der Waals surface area contributed by atoms with E-state index >= 15 is 0 Å². The van der Waals surface area contributed by atoms with Crippen molar-refractivity contribution in [3.63, 3.8) is 0 Å². The average molecular weight is 269 g/mol. The molecule has 2 rings (SSSR count). The number of hydrogen-bond acceptors (Lipinski definition) is 3. The fourth-order valence-electron chi connectivity index (χ4n) is 1.98. The molecular formula is C17H19NO2. The van der Waals surface area contributed by atoms with Gasteiger partial charge in [0, 0.05) is 5.69 Å². The number of para-hydroxylation sites is 1. The number of esters is 1. The topological polar surface area (TPSA) is 52.3 Å². The molecule has 2 aromatic carbocycles. The summed E-state index contributed by atoms with van der Waals surface area (Å²) in [6.07, 6.45) is 0. The van der Waals surface area contributed by atoms with Crippen LogP contribution >= 0.6 is 0 Å². The number of ether oxygens (including phenoxy) is 1. The quantitative estimate of drug-likeness (QED) is 0.684. The number of carbonyl (C=O) groups is 1. The average Bonchev–Trinajstić information content (AvgIpc) is 2.43. The molecule has 0 bridgehead atoms. The second-order valence-corrected chi connectivity index (χ2v) is 5.03. The molecule has 0 heterocycles. The van der Waals surface area contributed by atoms with Crippen molar-refractivity contribution in [2.75, 3.05) is 5.73 Å². The van der Waals surface area contributed by atoms with Gasteiger partial charge in [-0.1, -0.05) is 30.3 Å². The summed E-state index contributed by atoms with van der Waals surface area (Å²) in [4.78, 5) is 12.0. The highest BCUT2D eigenvalue weighted by Gasteiger charge is 2.12. The lowest BCUT2D eigenvalue weighted by Gasteiger charge is -2.09. The minimum absolute atomic E-state index is 0.257. The molecule has 0 saturated carbocycles. The van der Waals surface area contributed by atoms with Crippen LogP contribution in [-0.4, -0.2) is 5.97 Å². The van der Waals surface area contributed by atoms with Crippen LogP contribution < -0.4 is 5.73 Å². The van der Waals surface area contributed by atoms with Gasteiger partial charge in [-0.05, 0) is 49.1 Å². The molecule has 0 atom stereocenters. The Morgan fingerprint density at radius 3 is 2.50 bits per heavy atom. The lowest BCUT2D eigenvalue weighted by molar-refractivity contribution is 0.0474. The van der Waals surface area contributed by atoms with Gasteiger partial charge >= 0.3 is 5.97 Å². The molecule has 2 aromatic rings. The predicted octanol–water partition coefficient (Wildman–Crippen LogP) is 3.55. The van der Waals surface area contributed by atoms with Gasteiger partial charge in [-0.3, -0.25) is 0 Å². The molecule has 0 unspecified atom stereocenters. The first-order valence-electron chi connectivity index (χ1n) is 6.57. The van der Waals surface area contributed by atoms with Crippen molar-refractivity contribution in [1.29, 1.82) is 0 Å². The number of carbonyl (C=O) groups excluding carboxylic acids is 1. The van der Waals surface area contributed by atoms with Gasteiger partial charge in [-0.2, -0.15) is 0 Å². The summed E-state index contributed by atoms with van der Waals surface area (Å²) < 4.78 is 5.33. The van der Waals surface area contributed by atoms with Gasteiger partial charge in [0.05, 0.1) is 5.56 Å². The first-order chi connectivity index (χ1) is 9.49. The molecule has 2 N–H and O–H groups in total. The van der Waals surface area contributed by atoms with E-state index in [2.05, 4.69) is 6.92 Å². The van der Waals surface area contributed by atoms with Crippen LogP contribution in [0.15, 0.2) is 36.4 Å². The van der Waals surface area contributed by atoms with Gasteiger partial charge in [0.25, 0.3) is 0 Å². The molecule has 0 aliphatic rings. The minimum atomic E-state index is -0.385. The maximum absolute atomic E-state index is 12.0. The highest BCUT2D eigenvalue weighted by atomic mass is 16.5. The van der Waals surface area contributed by atoms with E-state index in [9.17, 15) is 4.79 Å². The molecule has 0 aromatic heterocycles. The van der Waals surface area contributed by atoms with E-state index in [1.54, 1.807) is 12.1 Å². The van der Waals surface area contributed by atoms with Crippen molar-refractivity contribution in [1.82, 2.24) is 0 Å². The van der Waals surface area contributed by atoms with E-state index in [1.165, 1.54) is 11.1 Å². The normalized spacial score (nSPS) is 10.3. The van der Waals surface area contributed by atoms with Crippen molar-refractivity contribution >= 4 is 11.7 Å². The number of anilines is 1. The summed E-state index contributed by atoms with van der Waals surface area (Å²) in [5.41, 5.74) is 11.1. The Balaban J connectivity index is 2.08. The third kappa shape index (κ3) is 2.99. The molecule has 0 spiro atoms. The Morgan fingerprint density at radius 2 is 1.80 bits per heavy atom. The summed E-state index contributed by atoms with van der Waals surface area (Å²) in [5.74, 6) is -0.385. The smallest absolute Gasteiger partial charge is 0.340 e. The van der Waals surface area contributed by atoms with Crippen molar-refractivity contribution in [3.05, 3.63) is 64.2 Å². The molecule has 0 aliphatic heterocycles. The van der Waals surface area contributed by atoms with Gasteiger partial charge < -0.3 is 10.5 Å². The lowest BCUT2D eigenvalue weighted by Crippen LogP contribution is -2.09. The zero-order valence-corrected chi connectivity index (χ0v) is 12.1. The predicted molar refractivity (Wildman–Crippen MR) is 80.6 cm³/mol. The maximum Gasteiger partial charge on any atom is 0.340 e. The van der Waals surface area contributed by atoms with Crippen LogP contribution in [-0.2, 0) is 11.3 Å². The van der Waals surface area contributed by atoms with Gasteiger partial charge in [0.2, 0.25) is 0 Å². The van der Waals surface area contributed by atoms with Crippen LogP contribution in [0.4, 0.5) is 5.69 Å². The zero-order chi connectivity index (χ0) is 14.7. The third-order valence-electron chi connectivity index (χ3n) is 3.49. The minimum Gasteiger partial charge on any atom is -0.457 e. The van der Waals surface area contributed by atoms with Gasteiger partial charge in [0.1, 0.15) is 6.61 Å². The fourth-order valence-corrected chi connectivity index (χ4v) is 1.98. The van der Waals surface area contributed by atoms with E-state index in [1.807, 2.05) is 38.1 Å².